The van der Waals surface area contributed by atoms with Crippen LogP contribution in [-0.4, -0.2) is 17.8 Å². The van der Waals surface area contributed by atoms with Gasteiger partial charge in [0.25, 0.3) is 0 Å². The first-order chi connectivity index (χ1) is 10.2. The van der Waals surface area contributed by atoms with E-state index >= 15 is 0 Å². The first-order valence-corrected chi connectivity index (χ1v) is 8.06. The smallest absolute Gasteiger partial charge is 0.171 e. The highest BCUT2D eigenvalue weighted by Crippen LogP contribution is 2.44. The molecular weight excluding hydrogens is 280 g/mol. The number of nitrogens with one attached hydrogen (secondary N) is 2. The largest absolute Gasteiger partial charge is 0.490 e. The molecule has 2 fully saturated rings. The standard InChI is InChI=1S/C17H22N2OS/c1-2-9-20-15-7-5-14(6-8-15)18-17(21)19-16-11-12-3-4-13(16)10-12/h2,5-8,12-13,16H,1,3-4,9-11H2,(H2,18,19,21)/t12-,13+,16+/m0/s1. The van der Waals surface area contributed by atoms with Crippen LogP contribution >= 0.6 is 12.2 Å². The summed E-state index contributed by atoms with van der Waals surface area (Å²) in [6.45, 7) is 4.16. The Morgan fingerprint density at radius 3 is 2.71 bits per heavy atom. The van der Waals surface area contributed by atoms with E-state index in [4.69, 9.17) is 17.0 Å². The molecule has 2 aliphatic carbocycles. The molecule has 0 radical (unpaired) electrons. The lowest BCUT2D eigenvalue weighted by Crippen LogP contribution is -2.40. The minimum atomic E-state index is 0.525. The molecule has 112 valence electrons. The van der Waals surface area contributed by atoms with E-state index in [0.717, 1.165) is 28.4 Å². The van der Waals surface area contributed by atoms with Gasteiger partial charge in [0.05, 0.1) is 0 Å². The van der Waals surface area contributed by atoms with Gasteiger partial charge in [-0.15, -0.1) is 0 Å². The molecule has 3 atom stereocenters. The Labute approximate surface area is 131 Å². The zero-order valence-electron chi connectivity index (χ0n) is 12.2. The Bertz CT molecular complexity index is 514. The molecule has 2 N–H and O–H groups in total. The summed E-state index contributed by atoms with van der Waals surface area (Å²) in [7, 11) is 0. The van der Waals surface area contributed by atoms with E-state index in [0.29, 0.717) is 12.6 Å². The van der Waals surface area contributed by atoms with Crippen LogP contribution in [0.2, 0.25) is 0 Å². The van der Waals surface area contributed by atoms with Crippen LogP contribution in [-0.2, 0) is 0 Å². The van der Waals surface area contributed by atoms with Crippen LogP contribution in [0.1, 0.15) is 25.7 Å². The van der Waals surface area contributed by atoms with Gasteiger partial charge in [0.2, 0.25) is 0 Å². The number of thiocarbonyl (C=S) groups is 1. The fraction of sp³-hybridized carbons (Fsp3) is 0.471. The normalized spacial score (nSPS) is 26.4. The van der Waals surface area contributed by atoms with Gasteiger partial charge in [-0.1, -0.05) is 19.1 Å². The Morgan fingerprint density at radius 2 is 2.10 bits per heavy atom. The van der Waals surface area contributed by atoms with Gasteiger partial charge in [-0.25, -0.2) is 0 Å². The van der Waals surface area contributed by atoms with Gasteiger partial charge in [0.1, 0.15) is 12.4 Å². The summed E-state index contributed by atoms with van der Waals surface area (Å²) in [6, 6.07) is 8.40. The van der Waals surface area contributed by atoms with E-state index in [1.165, 1.54) is 25.7 Å². The molecule has 0 aromatic heterocycles. The predicted octanol–water partition coefficient (Wildman–Crippen LogP) is 3.73. The van der Waals surface area contributed by atoms with Crippen LogP contribution in [0.4, 0.5) is 5.69 Å². The van der Waals surface area contributed by atoms with Crippen molar-refractivity contribution in [3.8, 4) is 5.75 Å². The van der Waals surface area contributed by atoms with Crippen LogP contribution in [0.15, 0.2) is 36.9 Å². The van der Waals surface area contributed by atoms with Gasteiger partial charge in [0.15, 0.2) is 5.11 Å². The molecule has 1 aromatic carbocycles. The number of rotatable bonds is 5. The second-order valence-corrected chi connectivity index (χ2v) is 6.41. The molecule has 3 rings (SSSR count). The molecule has 0 amide bonds. The molecule has 0 unspecified atom stereocenters. The molecule has 1 aromatic rings. The highest BCUT2D eigenvalue weighted by Gasteiger charge is 2.39. The van der Waals surface area contributed by atoms with Gasteiger partial charge in [0, 0.05) is 11.7 Å². The van der Waals surface area contributed by atoms with Gasteiger partial charge in [-0.05, 0) is 67.6 Å². The molecule has 0 aliphatic heterocycles. The average molecular weight is 302 g/mol. The molecule has 0 heterocycles. The quantitative estimate of drug-likeness (QED) is 0.641. The molecular formula is C17H22N2OS. The van der Waals surface area contributed by atoms with E-state index in [-0.39, 0.29) is 0 Å². The van der Waals surface area contributed by atoms with Crippen molar-refractivity contribution in [2.24, 2.45) is 11.8 Å². The number of hydrogen-bond donors (Lipinski definition) is 2. The summed E-state index contributed by atoms with van der Waals surface area (Å²) in [5.74, 6) is 2.59. The summed E-state index contributed by atoms with van der Waals surface area (Å²) in [5.41, 5.74) is 0.988. The van der Waals surface area contributed by atoms with E-state index in [9.17, 15) is 0 Å². The summed E-state index contributed by atoms with van der Waals surface area (Å²) in [6.07, 6.45) is 7.17. The monoisotopic (exact) mass is 302 g/mol. The van der Waals surface area contributed by atoms with Crippen molar-refractivity contribution in [2.45, 2.75) is 31.7 Å². The maximum atomic E-state index is 5.46. The fourth-order valence-corrected chi connectivity index (χ4v) is 3.82. The number of ether oxygens (including phenoxy) is 1. The molecule has 2 bridgehead atoms. The van der Waals surface area contributed by atoms with Gasteiger partial charge in [-0.3, -0.25) is 0 Å². The van der Waals surface area contributed by atoms with Crippen molar-refractivity contribution in [1.29, 1.82) is 0 Å². The maximum Gasteiger partial charge on any atom is 0.171 e. The minimum absolute atomic E-state index is 0.525. The third-order valence-corrected chi connectivity index (χ3v) is 4.75. The van der Waals surface area contributed by atoms with Crippen LogP contribution in [0.5, 0.6) is 5.75 Å². The SMILES string of the molecule is C=CCOc1ccc(NC(=S)N[C@@H]2C[C@H]3CC[C@@H]2C3)cc1. The zero-order valence-corrected chi connectivity index (χ0v) is 13.0. The highest BCUT2D eigenvalue weighted by atomic mass is 32.1. The van der Waals surface area contributed by atoms with E-state index in [2.05, 4.69) is 17.2 Å². The van der Waals surface area contributed by atoms with E-state index < -0.39 is 0 Å². The fourth-order valence-electron chi connectivity index (χ4n) is 3.55. The summed E-state index contributed by atoms with van der Waals surface area (Å²) >= 11 is 5.42. The lowest BCUT2D eigenvalue weighted by molar-refractivity contribution is 0.363. The number of benzene rings is 1. The number of anilines is 1. The maximum absolute atomic E-state index is 5.46. The van der Waals surface area contributed by atoms with Gasteiger partial charge >= 0.3 is 0 Å². The van der Waals surface area contributed by atoms with Crippen molar-refractivity contribution >= 4 is 23.0 Å². The van der Waals surface area contributed by atoms with E-state index in [1.807, 2.05) is 24.3 Å². The van der Waals surface area contributed by atoms with Crippen molar-refractivity contribution in [3.05, 3.63) is 36.9 Å². The van der Waals surface area contributed by atoms with Crippen molar-refractivity contribution < 1.29 is 4.74 Å². The number of fused-ring (bicyclic) bond motifs is 2. The first kappa shape index (κ1) is 14.4. The van der Waals surface area contributed by atoms with Gasteiger partial charge in [-0.2, -0.15) is 0 Å². The Hall–Kier alpha value is -1.55. The Balaban J connectivity index is 1.49. The van der Waals surface area contributed by atoms with Gasteiger partial charge < -0.3 is 15.4 Å². The van der Waals surface area contributed by atoms with Crippen LogP contribution < -0.4 is 15.4 Å². The third-order valence-electron chi connectivity index (χ3n) is 4.53. The molecule has 0 saturated heterocycles. The lowest BCUT2D eigenvalue weighted by Gasteiger charge is -2.24. The van der Waals surface area contributed by atoms with Crippen molar-refractivity contribution in [3.63, 3.8) is 0 Å². The summed E-state index contributed by atoms with van der Waals surface area (Å²) < 4.78 is 5.46. The molecule has 21 heavy (non-hydrogen) atoms. The topological polar surface area (TPSA) is 33.3 Å². The first-order valence-electron chi connectivity index (χ1n) is 7.66. The summed E-state index contributed by atoms with van der Waals surface area (Å²) in [4.78, 5) is 0. The van der Waals surface area contributed by atoms with Crippen LogP contribution in [0.3, 0.4) is 0 Å². The van der Waals surface area contributed by atoms with Crippen LogP contribution in [0, 0.1) is 11.8 Å². The summed E-state index contributed by atoms with van der Waals surface area (Å²) in [5, 5.41) is 7.47. The third kappa shape index (κ3) is 3.56. The lowest BCUT2D eigenvalue weighted by atomic mass is 9.96. The highest BCUT2D eigenvalue weighted by molar-refractivity contribution is 7.80. The Morgan fingerprint density at radius 1 is 1.29 bits per heavy atom. The predicted molar refractivity (Wildman–Crippen MR) is 90.7 cm³/mol. The molecule has 0 spiro atoms. The molecule has 4 heteroatoms. The van der Waals surface area contributed by atoms with Crippen LogP contribution in [0.25, 0.3) is 0 Å². The number of hydrogen-bond acceptors (Lipinski definition) is 2. The molecule has 2 saturated carbocycles. The average Bonchev–Trinajstić information content (AvgIpc) is 3.09. The molecule has 2 aliphatic rings. The zero-order chi connectivity index (χ0) is 14.7. The van der Waals surface area contributed by atoms with Crippen molar-refractivity contribution in [1.82, 2.24) is 5.32 Å². The Kier molecular flexibility index (Phi) is 4.44. The minimum Gasteiger partial charge on any atom is -0.490 e. The van der Waals surface area contributed by atoms with E-state index in [1.54, 1.807) is 6.08 Å². The molecule has 3 nitrogen and oxygen atoms in total. The van der Waals surface area contributed by atoms with Crippen molar-refractivity contribution in [2.75, 3.05) is 11.9 Å². The second-order valence-electron chi connectivity index (χ2n) is 6.00. The second kappa shape index (κ2) is 6.48.